The molecule has 0 aliphatic heterocycles. The summed E-state index contributed by atoms with van der Waals surface area (Å²) in [6.45, 7) is 0. The lowest BCUT2D eigenvalue weighted by molar-refractivity contribution is -0.144. The van der Waals surface area contributed by atoms with Crippen molar-refractivity contribution < 1.29 is 14.6 Å². The lowest BCUT2D eigenvalue weighted by Crippen LogP contribution is -2.28. The third-order valence-electron chi connectivity index (χ3n) is 4.40. The smallest absolute Gasteiger partial charge is 0.310 e. The average molecular weight is 260 g/mol. The fourth-order valence-corrected chi connectivity index (χ4v) is 3.37. The third kappa shape index (κ3) is 2.46. The zero-order valence-corrected chi connectivity index (χ0v) is 11.1. The minimum atomic E-state index is -0.715. The van der Waals surface area contributed by atoms with Crippen LogP contribution in [0.2, 0.25) is 0 Å². The summed E-state index contributed by atoms with van der Waals surface area (Å²) in [4.78, 5) is 11.2. The van der Waals surface area contributed by atoms with Crippen molar-refractivity contribution in [3.05, 3.63) is 29.3 Å². The molecule has 2 aliphatic rings. The van der Waals surface area contributed by atoms with Crippen LogP contribution in [0, 0.1) is 5.92 Å². The first kappa shape index (κ1) is 12.5. The van der Waals surface area contributed by atoms with Crippen molar-refractivity contribution in [2.45, 2.75) is 51.0 Å². The van der Waals surface area contributed by atoms with Gasteiger partial charge in [-0.15, -0.1) is 0 Å². The number of aryl methyl sites for hydroxylation is 1. The molecular formula is C16H20O3. The number of hydrogen-bond acceptors (Lipinski definition) is 2. The molecule has 3 nitrogen and oxygen atoms in total. The van der Waals surface area contributed by atoms with Crippen molar-refractivity contribution in [2.24, 2.45) is 5.92 Å². The van der Waals surface area contributed by atoms with Gasteiger partial charge in [0.25, 0.3) is 0 Å². The molecule has 102 valence electrons. The first-order valence-corrected chi connectivity index (χ1v) is 7.26. The SMILES string of the molecule is O=C(O)C1CCCC1Oc1cccc2c1CCCC2. The number of benzene rings is 1. The number of fused-ring (bicyclic) bond motifs is 1. The van der Waals surface area contributed by atoms with E-state index >= 15 is 0 Å². The minimum Gasteiger partial charge on any atom is -0.489 e. The molecule has 1 N–H and O–H groups in total. The summed E-state index contributed by atoms with van der Waals surface area (Å²) < 4.78 is 6.07. The van der Waals surface area contributed by atoms with E-state index < -0.39 is 5.97 Å². The molecule has 2 unspecified atom stereocenters. The van der Waals surface area contributed by atoms with E-state index in [-0.39, 0.29) is 12.0 Å². The lowest BCUT2D eigenvalue weighted by atomic mass is 9.91. The van der Waals surface area contributed by atoms with Crippen molar-refractivity contribution in [1.82, 2.24) is 0 Å². The van der Waals surface area contributed by atoms with Gasteiger partial charge in [0.15, 0.2) is 0 Å². The van der Waals surface area contributed by atoms with E-state index in [0.717, 1.165) is 37.9 Å². The molecule has 0 heterocycles. The Labute approximate surface area is 113 Å². The van der Waals surface area contributed by atoms with E-state index in [1.54, 1.807) is 0 Å². The largest absolute Gasteiger partial charge is 0.489 e. The van der Waals surface area contributed by atoms with Crippen LogP contribution in [-0.2, 0) is 17.6 Å². The van der Waals surface area contributed by atoms with Crippen LogP contribution >= 0.6 is 0 Å². The monoisotopic (exact) mass is 260 g/mol. The van der Waals surface area contributed by atoms with E-state index in [1.807, 2.05) is 12.1 Å². The van der Waals surface area contributed by atoms with E-state index in [0.29, 0.717) is 0 Å². The van der Waals surface area contributed by atoms with Crippen LogP contribution in [0.5, 0.6) is 5.75 Å². The van der Waals surface area contributed by atoms with Crippen LogP contribution in [0.25, 0.3) is 0 Å². The molecule has 3 heteroatoms. The van der Waals surface area contributed by atoms with Crippen LogP contribution in [0.15, 0.2) is 18.2 Å². The number of carboxylic acid groups (broad SMARTS) is 1. The average Bonchev–Trinajstić information content (AvgIpc) is 2.87. The predicted octanol–water partition coefficient (Wildman–Crippen LogP) is 3.20. The molecule has 2 atom stereocenters. The molecule has 0 amide bonds. The Bertz CT molecular complexity index is 481. The summed E-state index contributed by atoms with van der Waals surface area (Å²) in [5.41, 5.74) is 2.69. The molecule has 1 fully saturated rings. The fraction of sp³-hybridized carbons (Fsp3) is 0.562. The van der Waals surface area contributed by atoms with E-state index in [9.17, 15) is 9.90 Å². The van der Waals surface area contributed by atoms with Crippen LogP contribution in [0.1, 0.15) is 43.2 Å². The van der Waals surface area contributed by atoms with Gasteiger partial charge in [-0.1, -0.05) is 12.1 Å². The van der Waals surface area contributed by atoms with Crippen LogP contribution in [-0.4, -0.2) is 17.2 Å². The standard InChI is InChI=1S/C16H20O3/c17-16(18)13-8-4-10-15(13)19-14-9-3-6-11-5-1-2-7-12(11)14/h3,6,9,13,15H,1-2,4-5,7-8,10H2,(H,17,18). The quantitative estimate of drug-likeness (QED) is 0.907. The van der Waals surface area contributed by atoms with Crippen molar-refractivity contribution in [1.29, 1.82) is 0 Å². The van der Waals surface area contributed by atoms with Crippen LogP contribution < -0.4 is 4.74 Å². The second-order valence-electron chi connectivity index (χ2n) is 5.63. The first-order valence-electron chi connectivity index (χ1n) is 7.26. The Morgan fingerprint density at radius 1 is 1.16 bits per heavy atom. The van der Waals surface area contributed by atoms with Gasteiger partial charge in [0.1, 0.15) is 11.9 Å². The first-order chi connectivity index (χ1) is 9.25. The highest BCUT2D eigenvalue weighted by atomic mass is 16.5. The van der Waals surface area contributed by atoms with E-state index in [1.165, 1.54) is 24.0 Å². The van der Waals surface area contributed by atoms with Crippen molar-refractivity contribution in [3.8, 4) is 5.75 Å². The second kappa shape index (κ2) is 5.24. The summed E-state index contributed by atoms with van der Waals surface area (Å²) in [5, 5.41) is 9.22. The van der Waals surface area contributed by atoms with Crippen LogP contribution in [0.4, 0.5) is 0 Å². The molecule has 1 aromatic carbocycles. The molecule has 0 spiro atoms. The highest BCUT2D eigenvalue weighted by molar-refractivity contribution is 5.71. The Balaban J connectivity index is 1.81. The summed E-state index contributed by atoms with van der Waals surface area (Å²) in [7, 11) is 0. The summed E-state index contributed by atoms with van der Waals surface area (Å²) in [6.07, 6.45) is 7.06. The Morgan fingerprint density at radius 3 is 2.84 bits per heavy atom. The molecule has 0 saturated heterocycles. The van der Waals surface area contributed by atoms with Gasteiger partial charge in [-0.25, -0.2) is 0 Å². The molecule has 0 bridgehead atoms. The fourth-order valence-electron chi connectivity index (χ4n) is 3.37. The van der Waals surface area contributed by atoms with Crippen LogP contribution in [0.3, 0.4) is 0 Å². The maximum atomic E-state index is 11.2. The van der Waals surface area contributed by atoms with Gasteiger partial charge >= 0.3 is 5.97 Å². The zero-order chi connectivity index (χ0) is 13.2. The van der Waals surface area contributed by atoms with Crippen molar-refractivity contribution in [2.75, 3.05) is 0 Å². The van der Waals surface area contributed by atoms with Crippen molar-refractivity contribution in [3.63, 3.8) is 0 Å². The van der Waals surface area contributed by atoms with Crippen molar-refractivity contribution >= 4 is 5.97 Å². The number of aliphatic carboxylic acids is 1. The maximum Gasteiger partial charge on any atom is 0.310 e. The van der Waals surface area contributed by atoms with Gasteiger partial charge in [-0.2, -0.15) is 0 Å². The minimum absolute atomic E-state index is 0.147. The molecule has 19 heavy (non-hydrogen) atoms. The molecule has 1 aromatic rings. The number of rotatable bonds is 3. The lowest BCUT2D eigenvalue weighted by Gasteiger charge is -2.23. The molecule has 2 aliphatic carbocycles. The third-order valence-corrected chi connectivity index (χ3v) is 4.40. The Kier molecular flexibility index (Phi) is 3.45. The summed E-state index contributed by atoms with van der Waals surface area (Å²) in [6, 6.07) is 6.20. The molecule has 0 aromatic heterocycles. The highest BCUT2D eigenvalue weighted by Crippen LogP contribution is 2.34. The maximum absolute atomic E-state index is 11.2. The van der Waals surface area contributed by atoms with Gasteiger partial charge in [-0.3, -0.25) is 4.79 Å². The zero-order valence-electron chi connectivity index (χ0n) is 11.1. The summed E-state index contributed by atoms with van der Waals surface area (Å²) in [5.74, 6) is -0.123. The molecule has 1 saturated carbocycles. The topological polar surface area (TPSA) is 46.5 Å². The van der Waals surface area contributed by atoms with Gasteiger partial charge in [0.2, 0.25) is 0 Å². The van der Waals surface area contributed by atoms with E-state index in [4.69, 9.17) is 4.74 Å². The number of hydrogen-bond donors (Lipinski definition) is 1. The Morgan fingerprint density at radius 2 is 2.00 bits per heavy atom. The molecular weight excluding hydrogens is 240 g/mol. The number of carbonyl (C=O) groups is 1. The van der Waals surface area contributed by atoms with E-state index in [2.05, 4.69) is 6.07 Å². The number of ether oxygens (including phenoxy) is 1. The second-order valence-corrected chi connectivity index (χ2v) is 5.63. The van der Waals surface area contributed by atoms with Gasteiger partial charge < -0.3 is 9.84 Å². The van der Waals surface area contributed by atoms with Gasteiger partial charge in [0, 0.05) is 0 Å². The molecule has 0 radical (unpaired) electrons. The van der Waals surface area contributed by atoms with Gasteiger partial charge in [0.05, 0.1) is 5.92 Å². The van der Waals surface area contributed by atoms with Gasteiger partial charge in [-0.05, 0) is 62.1 Å². The molecule has 3 rings (SSSR count). The Hall–Kier alpha value is -1.51. The summed E-state index contributed by atoms with van der Waals surface area (Å²) >= 11 is 0. The normalized spacial score (nSPS) is 25.9. The predicted molar refractivity (Wildman–Crippen MR) is 72.5 cm³/mol. The number of carboxylic acids is 1. The highest BCUT2D eigenvalue weighted by Gasteiger charge is 2.35.